The van der Waals surface area contributed by atoms with E-state index in [-0.39, 0.29) is 17.7 Å². The van der Waals surface area contributed by atoms with Gasteiger partial charge in [0.2, 0.25) is 11.8 Å². The Labute approximate surface area is 125 Å². The summed E-state index contributed by atoms with van der Waals surface area (Å²) in [7, 11) is 0. The molecule has 0 bridgehead atoms. The molecular weight excluding hydrogens is 268 g/mol. The van der Waals surface area contributed by atoms with Gasteiger partial charge in [0.1, 0.15) is 5.75 Å². The van der Waals surface area contributed by atoms with Crippen molar-refractivity contribution in [3.05, 3.63) is 24.3 Å². The average Bonchev–Trinajstić information content (AvgIpc) is 2.49. The van der Waals surface area contributed by atoms with Crippen LogP contribution >= 0.6 is 0 Å². The van der Waals surface area contributed by atoms with Crippen LogP contribution in [0.3, 0.4) is 0 Å². The lowest BCUT2D eigenvalue weighted by atomic mass is 9.97. The summed E-state index contributed by atoms with van der Waals surface area (Å²) in [4.78, 5) is 25.4. The van der Waals surface area contributed by atoms with E-state index in [4.69, 9.17) is 4.74 Å². The van der Waals surface area contributed by atoms with Crippen molar-refractivity contribution in [3.63, 3.8) is 0 Å². The normalized spacial score (nSPS) is 18.2. The zero-order valence-corrected chi connectivity index (χ0v) is 12.6. The van der Waals surface area contributed by atoms with Crippen LogP contribution in [0.4, 0.5) is 5.69 Å². The molecule has 2 amide bonds. The molecule has 0 spiro atoms. The highest BCUT2D eigenvalue weighted by molar-refractivity contribution is 5.93. The molecule has 1 heterocycles. The van der Waals surface area contributed by atoms with Crippen molar-refractivity contribution < 1.29 is 14.3 Å². The van der Waals surface area contributed by atoms with Crippen LogP contribution in [-0.4, -0.2) is 36.4 Å². The molecule has 5 nitrogen and oxygen atoms in total. The van der Waals surface area contributed by atoms with E-state index in [0.29, 0.717) is 13.2 Å². The molecule has 1 aromatic rings. The van der Waals surface area contributed by atoms with Crippen LogP contribution < -0.4 is 10.1 Å². The number of ether oxygens (including phenoxy) is 1. The van der Waals surface area contributed by atoms with Gasteiger partial charge in [0.25, 0.3) is 0 Å². The summed E-state index contributed by atoms with van der Waals surface area (Å²) in [6, 6.07) is 7.33. The molecule has 1 aliphatic heterocycles. The van der Waals surface area contributed by atoms with Crippen molar-refractivity contribution in [1.82, 2.24) is 4.90 Å². The summed E-state index contributed by atoms with van der Waals surface area (Å²) < 4.78 is 5.37. The van der Waals surface area contributed by atoms with Crippen LogP contribution in [0, 0.1) is 5.92 Å². The fourth-order valence-electron chi connectivity index (χ4n) is 2.52. The van der Waals surface area contributed by atoms with E-state index in [1.54, 1.807) is 11.8 Å². The van der Waals surface area contributed by atoms with Gasteiger partial charge in [-0.2, -0.15) is 0 Å². The Morgan fingerprint density at radius 3 is 2.67 bits per heavy atom. The predicted octanol–water partition coefficient (Wildman–Crippen LogP) is 2.28. The van der Waals surface area contributed by atoms with Crippen LogP contribution in [0.1, 0.15) is 26.7 Å². The molecule has 0 radical (unpaired) electrons. The second kappa shape index (κ2) is 7.11. The van der Waals surface area contributed by atoms with Crippen LogP contribution in [0.5, 0.6) is 5.75 Å². The molecule has 0 aliphatic carbocycles. The number of nitrogens with zero attached hydrogens (tertiary/aromatic N) is 1. The maximum atomic E-state index is 12.3. The fourth-order valence-corrected chi connectivity index (χ4v) is 2.52. The Bertz CT molecular complexity index is 499. The van der Waals surface area contributed by atoms with Crippen LogP contribution in [0.2, 0.25) is 0 Å². The Balaban J connectivity index is 1.92. The number of carbonyl (C=O) groups excluding carboxylic acids is 2. The van der Waals surface area contributed by atoms with E-state index in [1.807, 2.05) is 31.2 Å². The maximum absolute atomic E-state index is 12.3. The summed E-state index contributed by atoms with van der Waals surface area (Å²) in [6.45, 7) is 5.36. The van der Waals surface area contributed by atoms with Gasteiger partial charge in [0, 0.05) is 25.7 Å². The predicted molar refractivity (Wildman–Crippen MR) is 81.2 cm³/mol. The van der Waals surface area contributed by atoms with Crippen molar-refractivity contribution in [3.8, 4) is 5.75 Å². The van der Waals surface area contributed by atoms with Crippen molar-refractivity contribution in [2.45, 2.75) is 26.7 Å². The molecule has 114 valence electrons. The van der Waals surface area contributed by atoms with E-state index >= 15 is 0 Å². The number of hydrogen-bond donors (Lipinski definition) is 1. The van der Waals surface area contributed by atoms with E-state index in [1.165, 1.54) is 0 Å². The largest absolute Gasteiger partial charge is 0.494 e. The van der Waals surface area contributed by atoms with Crippen molar-refractivity contribution in [2.24, 2.45) is 5.92 Å². The average molecular weight is 290 g/mol. The second-order valence-electron chi connectivity index (χ2n) is 5.25. The van der Waals surface area contributed by atoms with Crippen LogP contribution in [0.25, 0.3) is 0 Å². The van der Waals surface area contributed by atoms with Gasteiger partial charge >= 0.3 is 0 Å². The number of carbonyl (C=O) groups is 2. The molecule has 0 aromatic heterocycles. The minimum absolute atomic E-state index is 0.0230. The minimum atomic E-state index is -0.130. The Kier molecular flexibility index (Phi) is 5.20. The van der Waals surface area contributed by atoms with E-state index < -0.39 is 0 Å². The molecule has 1 N–H and O–H groups in total. The van der Waals surface area contributed by atoms with Crippen LogP contribution in [0.15, 0.2) is 24.3 Å². The lowest BCUT2D eigenvalue weighted by Gasteiger charge is -2.31. The van der Waals surface area contributed by atoms with Gasteiger partial charge in [0.05, 0.1) is 12.5 Å². The van der Waals surface area contributed by atoms with E-state index in [2.05, 4.69) is 5.32 Å². The van der Waals surface area contributed by atoms with E-state index in [9.17, 15) is 9.59 Å². The van der Waals surface area contributed by atoms with E-state index in [0.717, 1.165) is 30.8 Å². The van der Waals surface area contributed by atoms with Gasteiger partial charge in [-0.05, 0) is 44.0 Å². The number of anilines is 1. The van der Waals surface area contributed by atoms with Gasteiger partial charge in [-0.25, -0.2) is 0 Å². The first-order chi connectivity index (χ1) is 10.1. The number of piperidine rings is 1. The first-order valence-corrected chi connectivity index (χ1v) is 7.39. The lowest BCUT2D eigenvalue weighted by molar-refractivity contribution is -0.132. The lowest BCUT2D eigenvalue weighted by Crippen LogP contribution is -2.42. The number of benzene rings is 1. The molecule has 1 atom stereocenters. The smallest absolute Gasteiger partial charge is 0.229 e. The Morgan fingerprint density at radius 1 is 1.33 bits per heavy atom. The summed E-state index contributed by atoms with van der Waals surface area (Å²) >= 11 is 0. The Hall–Kier alpha value is -2.04. The quantitative estimate of drug-likeness (QED) is 0.925. The monoisotopic (exact) mass is 290 g/mol. The number of rotatable bonds is 4. The van der Waals surface area contributed by atoms with Crippen molar-refractivity contribution in [1.29, 1.82) is 0 Å². The van der Waals surface area contributed by atoms with Gasteiger partial charge in [-0.1, -0.05) is 0 Å². The SMILES string of the molecule is CCOc1ccc(NC(=O)[C@H]2CCCN(C(C)=O)C2)cc1. The van der Waals surface area contributed by atoms with Gasteiger partial charge in [-0.3, -0.25) is 9.59 Å². The summed E-state index contributed by atoms with van der Waals surface area (Å²) in [5, 5.41) is 2.91. The summed E-state index contributed by atoms with van der Waals surface area (Å²) in [5.74, 6) is 0.670. The molecular formula is C16H22N2O3. The highest BCUT2D eigenvalue weighted by atomic mass is 16.5. The Morgan fingerprint density at radius 2 is 2.05 bits per heavy atom. The molecule has 21 heavy (non-hydrogen) atoms. The number of hydrogen-bond acceptors (Lipinski definition) is 3. The molecule has 0 saturated carbocycles. The first kappa shape index (κ1) is 15.4. The number of nitrogens with one attached hydrogen (secondary N) is 1. The standard InChI is InChI=1S/C16H22N2O3/c1-3-21-15-8-6-14(7-9-15)17-16(20)13-5-4-10-18(11-13)12(2)19/h6-9,13H,3-5,10-11H2,1-2H3,(H,17,20)/t13-/m0/s1. The fraction of sp³-hybridized carbons (Fsp3) is 0.500. The minimum Gasteiger partial charge on any atom is -0.494 e. The molecule has 1 fully saturated rings. The van der Waals surface area contributed by atoms with Gasteiger partial charge < -0.3 is 15.0 Å². The van der Waals surface area contributed by atoms with Crippen molar-refractivity contribution in [2.75, 3.05) is 25.0 Å². The summed E-state index contributed by atoms with van der Waals surface area (Å²) in [5.41, 5.74) is 0.753. The molecule has 1 aliphatic rings. The molecule has 5 heteroatoms. The second-order valence-corrected chi connectivity index (χ2v) is 5.25. The first-order valence-electron chi connectivity index (χ1n) is 7.39. The molecule has 1 aromatic carbocycles. The number of likely N-dealkylation sites (tertiary alicyclic amines) is 1. The third kappa shape index (κ3) is 4.21. The highest BCUT2D eigenvalue weighted by Gasteiger charge is 2.26. The highest BCUT2D eigenvalue weighted by Crippen LogP contribution is 2.20. The zero-order chi connectivity index (χ0) is 15.2. The molecule has 2 rings (SSSR count). The van der Waals surface area contributed by atoms with Gasteiger partial charge in [0.15, 0.2) is 0 Å². The molecule has 0 unspecified atom stereocenters. The van der Waals surface area contributed by atoms with Crippen molar-refractivity contribution >= 4 is 17.5 Å². The maximum Gasteiger partial charge on any atom is 0.229 e. The number of amides is 2. The molecule has 1 saturated heterocycles. The topological polar surface area (TPSA) is 58.6 Å². The van der Waals surface area contributed by atoms with Crippen LogP contribution in [-0.2, 0) is 9.59 Å². The third-order valence-corrected chi connectivity index (χ3v) is 3.67. The zero-order valence-electron chi connectivity index (χ0n) is 12.6. The summed E-state index contributed by atoms with van der Waals surface area (Å²) in [6.07, 6.45) is 1.70. The van der Waals surface area contributed by atoms with Gasteiger partial charge in [-0.15, -0.1) is 0 Å². The third-order valence-electron chi connectivity index (χ3n) is 3.67.